The van der Waals surface area contributed by atoms with Crippen LogP contribution < -0.4 is 5.32 Å². The van der Waals surface area contributed by atoms with Crippen molar-refractivity contribution in [3.05, 3.63) is 39.9 Å². The fourth-order valence-electron chi connectivity index (χ4n) is 1.83. The van der Waals surface area contributed by atoms with Gasteiger partial charge in [0.05, 0.1) is 4.92 Å². The highest BCUT2D eigenvalue weighted by Crippen LogP contribution is 2.13. The molecule has 0 saturated carbocycles. The van der Waals surface area contributed by atoms with E-state index in [1.54, 1.807) is 12.1 Å². The van der Waals surface area contributed by atoms with Crippen LogP contribution in [0.2, 0.25) is 0 Å². The van der Waals surface area contributed by atoms with Crippen LogP contribution in [0.5, 0.6) is 0 Å². The first-order chi connectivity index (χ1) is 8.65. The lowest BCUT2D eigenvalue weighted by molar-refractivity contribution is -0.384. The highest BCUT2D eigenvalue weighted by molar-refractivity contribution is 7.84. The molecule has 1 heterocycles. The molecule has 1 fully saturated rings. The molecule has 98 valence electrons. The van der Waals surface area contributed by atoms with Gasteiger partial charge in [0.25, 0.3) is 5.69 Å². The van der Waals surface area contributed by atoms with Gasteiger partial charge in [-0.1, -0.05) is 12.1 Å². The minimum atomic E-state index is -0.787. The average Bonchev–Trinajstić information content (AvgIpc) is 2.32. The van der Waals surface area contributed by atoms with Crippen LogP contribution in [0, 0.1) is 16.0 Å². The van der Waals surface area contributed by atoms with E-state index in [2.05, 4.69) is 5.32 Å². The first-order valence-corrected chi connectivity index (χ1v) is 7.43. The lowest BCUT2D eigenvalue weighted by atomic mass is 10.1. The van der Waals surface area contributed by atoms with Crippen LogP contribution in [0.1, 0.15) is 5.56 Å². The molecule has 6 heteroatoms. The Morgan fingerprint density at radius 3 is 2.50 bits per heavy atom. The first-order valence-electron chi connectivity index (χ1n) is 5.94. The summed E-state index contributed by atoms with van der Waals surface area (Å²) in [4.78, 5) is 10.1. The zero-order valence-electron chi connectivity index (χ0n) is 10.0. The molecule has 0 spiro atoms. The van der Waals surface area contributed by atoms with Crippen LogP contribution in [0.25, 0.3) is 0 Å². The predicted molar refractivity (Wildman–Crippen MR) is 71.0 cm³/mol. The zero-order valence-corrected chi connectivity index (χ0v) is 10.8. The van der Waals surface area contributed by atoms with Crippen molar-refractivity contribution in [2.45, 2.75) is 6.42 Å². The van der Waals surface area contributed by atoms with E-state index >= 15 is 0 Å². The molecule has 1 aromatic rings. The van der Waals surface area contributed by atoms with Crippen molar-refractivity contribution < 1.29 is 9.13 Å². The molecule has 1 aromatic carbocycles. The zero-order chi connectivity index (χ0) is 13.0. The van der Waals surface area contributed by atoms with E-state index in [1.807, 2.05) is 0 Å². The molecule has 0 aromatic heterocycles. The van der Waals surface area contributed by atoms with Crippen LogP contribution in [-0.2, 0) is 17.2 Å². The van der Waals surface area contributed by atoms with Crippen molar-refractivity contribution >= 4 is 16.5 Å². The third kappa shape index (κ3) is 3.61. The molecule has 2 rings (SSSR count). The van der Waals surface area contributed by atoms with Crippen molar-refractivity contribution in [2.24, 2.45) is 5.92 Å². The molecule has 1 saturated heterocycles. The summed E-state index contributed by atoms with van der Waals surface area (Å²) in [5, 5.41) is 13.6. The number of hydrogen-bond donors (Lipinski definition) is 1. The maximum Gasteiger partial charge on any atom is 0.269 e. The van der Waals surface area contributed by atoms with Crippen LogP contribution >= 0.6 is 0 Å². The molecule has 0 amide bonds. The second-order valence-corrected chi connectivity index (χ2v) is 6.13. The van der Waals surface area contributed by atoms with Gasteiger partial charge in [0.15, 0.2) is 0 Å². The van der Waals surface area contributed by atoms with E-state index < -0.39 is 15.7 Å². The summed E-state index contributed by atoms with van der Waals surface area (Å²) in [5.74, 6) is 1.96. The van der Waals surface area contributed by atoms with E-state index in [0.29, 0.717) is 18.1 Å². The summed E-state index contributed by atoms with van der Waals surface area (Å²) in [6, 6.07) is 6.46. The maximum atomic E-state index is 11.8. The van der Waals surface area contributed by atoms with E-state index in [0.717, 1.165) is 24.4 Å². The Balaban J connectivity index is 1.78. The number of aryl methyl sites for hydroxylation is 1. The number of hydrogen-bond acceptors (Lipinski definition) is 4. The van der Waals surface area contributed by atoms with Crippen molar-refractivity contribution in [1.82, 2.24) is 5.32 Å². The number of nitrogens with one attached hydrogen (secondary N) is 1. The maximum absolute atomic E-state index is 11.8. The SMILES string of the molecule is O=[N+]([O-])c1ccc(CCS(=O)CC2CNC2)cc1. The molecule has 1 N–H and O–H groups in total. The smallest absolute Gasteiger partial charge is 0.269 e. The normalized spacial score (nSPS) is 17.1. The predicted octanol–water partition coefficient (Wildman–Crippen LogP) is 1.11. The second kappa shape index (κ2) is 6.06. The summed E-state index contributed by atoms with van der Waals surface area (Å²) < 4.78 is 11.8. The highest BCUT2D eigenvalue weighted by atomic mass is 32.2. The van der Waals surface area contributed by atoms with Crippen LogP contribution in [-0.4, -0.2) is 33.7 Å². The van der Waals surface area contributed by atoms with Gasteiger partial charge in [-0.15, -0.1) is 0 Å². The largest absolute Gasteiger partial charge is 0.316 e. The van der Waals surface area contributed by atoms with Crippen LogP contribution in [0.4, 0.5) is 5.69 Å². The summed E-state index contributed by atoms with van der Waals surface area (Å²) in [6.07, 6.45) is 0.713. The molecule has 1 atom stereocenters. The minimum absolute atomic E-state index is 0.0976. The fourth-order valence-corrected chi connectivity index (χ4v) is 3.22. The van der Waals surface area contributed by atoms with Gasteiger partial charge in [-0.2, -0.15) is 0 Å². The van der Waals surface area contributed by atoms with Gasteiger partial charge in [0.2, 0.25) is 0 Å². The summed E-state index contributed by atoms with van der Waals surface area (Å²) in [6.45, 7) is 1.95. The van der Waals surface area contributed by atoms with Crippen molar-refractivity contribution in [2.75, 3.05) is 24.6 Å². The lowest BCUT2D eigenvalue weighted by Crippen LogP contribution is -2.45. The van der Waals surface area contributed by atoms with Gasteiger partial charge < -0.3 is 5.32 Å². The monoisotopic (exact) mass is 268 g/mol. The van der Waals surface area contributed by atoms with Crippen LogP contribution in [0.3, 0.4) is 0 Å². The quantitative estimate of drug-likeness (QED) is 0.619. The van der Waals surface area contributed by atoms with Gasteiger partial charge in [-0.05, 0) is 17.9 Å². The van der Waals surface area contributed by atoms with E-state index in [-0.39, 0.29) is 5.69 Å². The Hall–Kier alpha value is -1.27. The Labute approximate surface area is 108 Å². The van der Waals surface area contributed by atoms with Gasteiger partial charge in [0.1, 0.15) is 0 Å². The van der Waals surface area contributed by atoms with Crippen LogP contribution in [0.15, 0.2) is 24.3 Å². The molecular weight excluding hydrogens is 252 g/mol. The molecule has 0 aliphatic carbocycles. The topological polar surface area (TPSA) is 72.2 Å². The molecular formula is C12H16N2O3S. The van der Waals surface area contributed by atoms with Gasteiger partial charge in [-0.25, -0.2) is 0 Å². The van der Waals surface area contributed by atoms with Crippen molar-refractivity contribution in [3.63, 3.8) is 0 Å². The Bertz CT molecular complexity index is 443. The summed E-state index contributed by atoms with van der Waals surface area (Å²) >= 11 is 0. The molecule has 0 bridgehead atoms. The van der Waals surface area contributed by atoms with E-state index in [4.69, 9.17) is 0 Å². The Morgan fingerprint density at radius 1 is 1.33 bits per heavy atom. The molecule has 1 aliphatic heterocycles. The number of rotatable bonds is 6. The summed E-state index contributed by atoms with van der Waals surface area (Å²) in [5.41, 5.74) is 1.10. The molecule has 5 nitrogen and oxygen atoms in total. The molecule has 1 unspecified atom stereocenters. The van der Waals surface area contributed by atoms with E-state index in [1.165, 1.54) is 12.1 Å². The van der Waals surface area contributed by atoms with Gasteiger partial charge in [-0.3, -0.25) is 14.3 Å². The second-order valence-electron chi connectivity index (χ2n) is 4.51. The summed E-state index contributed by atoms with van der Waals surface area (Å²) in [7, 11) is -0.787. The molecule has 0 radical (unpaired) electrons. The van der Waals surface area contributed by atoms with E-state index in [9.17, 15) is 14.3 Å². The van der Waals surface area contributed by atoms with Crippen molar-refractivity contribution in [3.8, 4) is 0 Å². The number of nitrogens with zero attached hydrogens (tertiary/aromatic N) is 1. The Morgan fingerprint density at radius 2 is 2.00 bits per heavy atom. The lowest BCUT2D eigenvalue weighted by Gasteiger charge is -2.26. The van der Waals surface area contributed by atoms with Crippen molar-refractivity contribution in [1.29, 1.82) is 0 Å². The number of nitro benzene ring substituents is 1. The number of non-ortho nitro benzene ring substituents is 1. The fraction of sp³-hybridized carbons (Fsp3) is 0.500. The van der Waals surface area contributed by atoms with Gasteiger partial charge >= 0.3 is 0 Å². The standard InChI is InChI=1S/C12H16N2O3S/c15-14(16)12-3-1-10(2-4-12)5-6-18(17)9-11-7-13-8-11/h1-4,11,13H,5-9H2. The molecule has 1 aliphatic rings. The third-order valence-electron chi connectivity index (χ3n) is 3.05. The molecule has 18 heavy (non-hydrogen) atoms. The third-order valence-corrected chi connectivity index (χ3v) is 4.56. The average molecular weight is 268 g/mol. The minimum Gasteiger partial charge on any atom is -0.316 e. The highest BCUT2D eigenvalue weighted by Gasteiger charge is 2.19. The number of benzene rings is 1. The first kappa shape index (κ1) is 13.2. The van der Waals surface area contributed by atoms with Gasteiger partial charge in [0, 0.05) is 47.5 Å². The number of nitro groups is 1. The Kier molecular flexibility index (Phi) is 4.43.